The molecule has 0 saturated heterocycles. The van der Waals surface area contributed by atoms with E-state index in [-0.39, 0.29) is 40.1 Å². The van der Waals surface area contributed by atoms with Crippen LogP contribution in [0.1, 0.15) is 15.9 Å². The number of benzene rings is 3. The molecule has 0 unspecified atom stereocenters. The predicted molar refractivity (Wildman–Crippen MR) is 128 cm³/mol. The second kappa shape index (κ2) is 11.3. The second-order valence-corrected chi connectivity index (χ2v) is 7.31. The third-order valence-electron chi connectivity index (χ3n) is 4.42. The van der Waals surface area contributed by atoms with Gasteiger partial charge in [0.05, 0.1) is 10.6 Å². The monoisotopic (exact) mass is 475 g/mol. The van der Waals surface area contributed by atoms with Gasteiger partial charge in [-0.25, -0.2) is 4.79 Å². The Morgan fingerprint density at radius 2 is 1.71 bits per heavy atom. The highest BCUT2D eigenvalue weighted by atomic mass is 35.5. The van der Waals surface area contributed by atoms with Crippen molar-refractivity contribution in [2.24, 2.45) is 0 Å². The minimum Gasteiger partial charge on any atom is -0.482 e. The molecule has 0 saturated carbocycles. The lowest BCUT2D eigenvalue weighted by Crippen LogP contribution is -2.20. The Labute approximate surface area is 200 Å². The van der Waals surface area contributed by atoms with Gasteiger partial charge >= 0.3 is 5.97 Å². The maximum atomic E-state index is 12.5. The molecule has 0 radical (unpaired) electrons. The maximum absolute atomic E-state index is 12.5. The Morgan fingerprint density at radius 3 is 2.38 bits per heavy atom. The highest BCUT2D eigenvalue weighted by Gasteiger charge is 2.12. The molecule has 9 heteroatoms. The van der Waals surface area contributed by atoms with Crippen molar-refractivity contribution in [3.63, 3.8) is 0 Å². The van der Waals surface area contributed by atoms with Crippen LogP contribution in [0.25, 0.3) is 6.08 Å². The van der Waals surface area contributed by atoms with E-state index in [1.54, 1.807) is 30.3 Å². The molecule has 0 heterocycles. The number of halogens is 1. The normalized spacial score (nSPS) is 10.6. The number of ether oxygens (including phenoxy) is 1. The SMILES string of the molecule is N#CC(=Cc1ccc(OCC(=O)Nc2ccccc2)c(Cl)c1)C(=O)Nc1cccc(C(=O)O)c1. The third kappa shape index (κ3) is 6.69. The van der Waals surface area contributed by atoms with Crippen molar-refractivity contribution in [2.75, 3.05) is 17.2 Å². The van der Waals surface area contributed by atoms with Crippen LogP contribution in [0.5, 0.6) is 5.75 Å². The number of nitrogens with one attached hydrogen (secondary N) is 2. The van der Waals surface area contributed by atoms with Crippen LogP contribution in [0.15, 0.2) is 78.4 Å². The number of aromatic carboxylic acids is 1. The number of para-hydroxylation sites is 1. The molecule has 0 spiro atoms. The Hall–Kier alpha value is -4.61. The van der Waals surface area contributed by atoms with Crippen molar-refractivity contribution < 1.29 is 24.2 Å². The minimum atomic E-state index is -1.14. The molecule has 170 valence electrons. The third-order valence-corrected chi connectivity index (χ3v) is 4.71. The average Bonchev–Trinajstić information content (AvgIpc) is 2.82. The number of hydrogen-bond acceptors (Lipinski definition) is 5. The van der Waals surface area contributed by atoms with Gasteiger partial charge in [0, 0.05) is 11.4 Å². The van der Waals surface area contributed by atoms with Crippen molar-refractivity contribution in [1.82, 2.24) is 0 Å². The van der Waals surface area contributed by atoms with E-state index in [0.717, 1.165) is 0 Å². The van der Waals surface area contributed by atoms with Crippen LogP contribution in [0, 0.1) is 11.3 Å². The van der Waals surface area contributed by atoms with Crippen LogP contribution in [0.2, 0.25) is 5.02 Å². The van der Waals surface area contributed by atoms with Gasteiger partial charge in [0.15, 0.2) is 6.61 Å². The van der Waals surface area contributed by atoms with Gasteiger partial charge in [-0.3, -0.25) is 9.59 Å². The summed E-state index contributed by atoms with van der Waals surface area (Å²) in [6, 6.07) is 21.0. The molecule has 0 aliphatic heterocycles. The number of carboxylic acid groups (broad SMARTS) is 1. The Balaban J connectivity index is 1.65. The first-order valence-corrected chi connectivity index (χ1v) is 10.3. The number of carboxylic acids is 1. The van der Waals surface area contributed by atoms with E-state index in [0.29, 0.717) is 11.3 Å². The lowest BCUT2D eigenvalue weighted by Gasteiger charge is -2.09. The van der Waals surface area contributed by atoms with Crippen LogP contribution in [0.4, 0.5) is 11.4 Å². The van der Waals surface area contributed by atoms with E-state index in [2.05, 4.69) is 10.6 Å². The summed E-state index contributed by atoms with van der Waals surface area (Å²) in [5, 5.41) is 23.8. The zero-order chi connectivity index (χ0) is 24.5. The van der Waals surface area contributed by atoms with Crippen LogP contribution >= 0.6 is 11.6 Å². The van der Waals surface area contributed by atoms with Crippen LogP contribution in [0.3, 0.4) is 0 Å². The van der Waals surface area contributed by atoms with Gasteiger partial charge in [0.25, 0.3) is 11.8 Å². The number of nitriles is 1. The van der Waals surface area contributed by atoms with Crippen molar-refractivity contribution in [1.29, 1.82) is 5.26 Å². The first-order valence-electron chi connectivity index (χ1n) is 9.89. The second-order valence-electron chi connectivity index (χ2n) is 6.90. The van der Waals surface area contributed by atoms with Crippen molar-refractivity contribution in [3.05, 3.63) is 94.5 Å². The average molecular weight is 476 g/mol. The largest absolute Gasteiger partial charge is 0.482 e. The van der Waals surface area contributed by atoms with Gasteiger partial charge in [0.2, 0.25) is 0 Å². The summed E-state index contributed by atoms with van der Waals surface area (Å²) in [4.78, 5) is 35.6. The maximum Gasteiger partial charge on any atom is 0.335 e. The number of amides is 2. The van der Waals surface area contributed by atoms with Crippen LogP contribution < -0.4 is 15.4 Å². The van der Waals surface area contributed by atoms with Gasteiger partial charge in [0.1, 0.15) is 17.4 Å². The van der Waals surface area contributed by atoms with E-state index in [4.69, 9.17) is 21.4 Å². The first-order chi connectivity index (χ1) is 16.4. The molecule has 0 aromatic heterocycles. The lowest BCUT2D eigenvalue weighted by atomic mass is 10.1. The zero-order valence-electron chi connectivity index (χ0n) is 17.6. The Bertz CT molecular complexity index is 1300. The highest BCUT2D eigenvalue weighted by molar-refractivity contribution is 6.32. The van der Waals surface area contributed by atoms with Gasteiger partial charge < -0.3 is 20.5 Å². The quantitative estimate of drug-likeness (QED) is 0.322. The van der Waals surface area contributed by atoms with E-state index < -0.39 is 11.9 Å². The minimum absolute atomic E-state index is 0.0000999. The fourth-order valence-electron chi connectivity index (χ4n) is 2.83. The van der Waals surface area contributed by atoms with Crippen molar-refractivity contribution >= 4 is 46.8 Å². The van der Waals surface area contributed by atoms with Crippen molar-refractivity contribution in [2.45, 2.75) is 0 Å². The van der Waals surface area contributed by atoms with Crippen LogP contribution in [-0.4, -0.2) is 29.5 Å². The van der Waals surface area contributed by atoms with Crippen molar-refractivity contribution in [3.8, 4) is 11.8 Å². The zero-order valence-corrected chi connectivity index (χ0v) is 18.4. The fraction of sp³-hybridized carbons (Fsp3) is 0.0400. The van der Waals surface area contributed by atoms with Gasteiger partial charge in [-0.05, 0) is 54.1 Å². The molecule has 8 nitrogen and oxygen atoms in total. The number of anilines is 2. The van der Waals surface area contributed by atoms with Gasteiger partial charge in [-0.2, -0.15) is 5.26 Å². The number of nitrogens with zero attached hydrogens (tertiary/aromatic N) is 1. The number of carbonyl (C=O) groups excluding carboxylic acids is 2. The summed E-state index contributed by atoms with van der Waals surface area (Å²) in [5.41, 5.74) is 1.12. The molecule has 0 fully saturated rings. The molecular formula is C25H18ClN3O5. The number of hydrogen-bond donors (Lipinski definition) is 3. The molecule has 0 aliphatic rings. The molecule has 0 aliphatic carbocycles. The molecule has 3 rings (SSSR count). The van der Waals surface area contributed by atoms with E-state index >= 15 is 0 Å². The molecule has 2 amide bonds. The standard InChI is InChI=1S/C25H18ClN3O5/c26-21-12-16(9-10-22(21)34-15-23(30)28-19-6-2-1-3-7-19)11-18(14-27)24(31)29-20-8-4-5-17(13-20)25(32)33/h1-13H,15H2,(H,28,30)(H,29,31)(H,32,33). The summed E-state index contributed by atoms with van der Waals surface area (Å²) in [6.45, 7) is -0.259. The van der Waals surface area contributed by atoms with Gasteiger partial charge in [-0.1, -0.05) is 41.9 Å². The molecule has 3 aromatic carbocycles. The predicted octanol–water partition coefficient (Wildman–Crippen LogP) is 4.60. The van der Waals surface area contributed by atoms with E-state index in [9.17, 15) is 19.6 Å². The molecule has 3 aromatic rings. The summed E-state index contributed by atoms with van der Waals surface area (Å²) < 4.78 is 5.46. The summed E-state index contributed by atoms with van der Waals surface area (Å²) in [6.07, 6.45) is 1.33. The summed E-state index contributed by atoms with van der Waals surface area (Å²) in [5.74, 6) is -1.95. The van der Waals surface area contributed by atoms with E-state index in [1.807, 2.05) is 12.1 Å². The Morgan fingerprint density at radius 1 is 0.971 bits per heavy atom. The topological polar surface area (TPSA) is 129 Å². The van der Waals surface area contributed by atoms with E-state index in [1.165, 1.54) is 42.5 Å². The Kier molecular flexibility index (Phi) is 8.00. The molecule has 0 bridgehead atoms. The smallest absolute Gasteiger partial charge is 0.335 e. The molecule has 3 N–H and O–H groups in total. The summed E-state index contributed by atoms with van der Waals surface area (Å²) in [7, 11) is 0. The van der Waals surface area contributed by atoms with Gasteiger partial charge in [-0.15, -0.1) is 0 Å². The first kappa shape index (κ1) is 24.0. The highest BCUT2D eigenvalue weighted by Crippen LogP contribution is 2.26. The number of carbonyl (C=O) groups is 3. The molecular weight excluding hydrogens is 458 g/mol. The fourth-order valence-corrected chi connectivity index (χ4v) is 3.07. The summed E-state index contributed by atoms with van der Waals surface area (Å²) >= 11 is 6.23. The molecule has 0 atom stereocenters. The molecule has 34 heavy (non-hydrogen) atoms. The number of rotatable bonds is 8. The lowest BCUT2D eigenvalue weighted by molar-refractivity contribution is -0.118. The van der Waals surface area contributed by atoms with Crippen LogP contribution in [-0.2, 0) is 9.59 Å².